The molecule has 1 aromatic heterocycles. The third-order valence-electron chi connectivity index (χ3n) is 1.08. The first-order valence-corrected chi connectivity index (χ1v) is 5.02. The van der Waals surface area contributed by atoms with Crippen LogP contribution in [0.3, 0.4) is 0 Å². The van der Waals surface area contributed by atoms with Gasteiger partial charge in [0, 0.05) is 5.38 Å². The summed E-state index contributed by atoms with van der Waals surface area (Å²) in [5.41, 5.74) is -0.146. The Morgan fingerprint density at radius 2 is 2.08 bits per heavy atom. The van der Waals surface area contributed by atoms with Crippen molar-refractivity contribution in [2.24, 2.45) is 0 Å². The Hall–Kier alpha value is -0.920. The minimum atomic E-state index is -4.26. The van der Waals surface area contributed by atoms with E-state index in [1.807, 2.05) is 0 Å². The van der Waals surface area contributed by atoms with Crippen molar-refractivity contribution in [2.75, 3.05) is 0 Å². The highest BCUT2D eigenvalue weighted by molar-refractivity contribution is 7.88. The molecule has 0 fully saturated rings. The van der Waals surface area contributed by atoms with Crippen LogP contribution in [0.2, 0.25) is 0 Å². The van der Waals surface area contributed by atoms with Gasteiger partial charge in [0.2, 0.25) is 0 Å². The molecule has 0 saturated heterocycles. The summed E-state index contributed by atoms with van der Waals surface area (Å²) in [7, 11) is -4.26. The number of hydrogen-bond donors (Lipinski definition) is 2. The van der Waals surface area contributed by atoms with Crippen molar-refractivity contribution < 1.29 is 22.9 Å². The van der Waals surface area contributed by atoms with E-state index in [0.29, 0.717) is 11.3 Å². The normalized spacial score (nSPS) is 11.4. The van der Waals surface area contributed by atoms with Gasteiger partial charge in [0.15, 0.2) is 0 Å². The van der Waals surface area contributed by atoms with Gasteiger partial charge in [0.05, 0.1) is 5.56 Å². The Morgan fingerprint density at radius 1 is 1.50 bits per heavy atom. The molecular weight excluding hydrogens is 204 g/mol. The molecule has 12 heavy (non-hydrogen) atoms. The maximum atomic E-state index is 10.4. The summed E-state index contributed by atoms with van der Waals surface area (Å²) in [6, 6.07) is 0.905. The van der Waals surface area contributed by atoms with E-state index in [1.54, 1.807) is 0 Å². The molecule has 7 heteroatoms. The molecule has 66 valence electrons. The van der Waals surface area contributed by atoms with Crippen molar-refractivity contribution in [3.63, 3.8) is 0 Å². The second-order valence-corrected chi connectivity index (χ2v) is 4.49. The third-order valence-corrected chi connectivity index (χ3v) is 3.35. The third kappa shape index (κ3) is 1.81. The number of rotatable bonds is 2. The van der Waals surface area contributed by atoms with Crippen molar-refractivity contribution in [3.8, 4) is 0 Å². The summed E-state index contributed by atoms with van der Waals surface area (Å²) in [5.74, 6) is -1.22. The van der Waals surface area contributed by atoms with Gasteiger partial charge in [-0.25, -0.2) is 4.79 Å². The molecule has 0 radical (unpaired) electrons. The maximum Gasteiger partial charge on any atom is 0.336 e. The summed E-state index contributed by atoms with van der Waals surface area (Å²) in [6.45, 7) is 0. The predicted molar refractivity (Wildman–Crippen MR) is 41.1 cm³/mol. The SMILES string of the molecule is O=C(O)c1csc(S(=O)(=O)O)c1. The highest BCUT2D eigenvalue weighted by Gasteiger charge is 2.15. The van der Waals surface area contributed by atoms with Crippen LogP contribution in [-0.2, 0) is 10.1 Å². The molecule has 0 amide bonds. The Labute approximate surface area is 72.0 Å². The molecule has 1 rings (SSSR count). The molecule has 0 bridgehead atoms. The first kappa shape index (κ1) is 9.17. The van der Waals surface area contributed by atoms with Gasteiger partial charge >= 0.3 is 16.1 Å². The van der Waals surface area contributed by atoms with Gasteiger partial charge in [-0.1, -0.05) is 0 Å². The molecule has 0 saturated carbocycles. The summed E-state index contributed by atoms with van der Waals surface area (Å²) >= 11 is 0.666. The average molecular weight is 208 g/mol. The predicted octanol–water partition coefficient (Wildman–Crippen LogP) is 0.693. The van der Waals surface area contributed by atoms with E-state index in [2.05, 4.69) is 0 Å². The lowest BCUT2D eigenvalue weighted by molar-refractivity contribution is 0.0697. The van der Waals surface area contributed by atoms with E-state index < -0.39 is 16.1 Å². The van der Waals surface area contributed by atoms with E-state index in [0.717, 1.165) is 11.4 Å². The lowest BCUT2D eigenvalue weighted by Crippen LogP contribution is -1.96. The van der Waals surface area contributed by atoms with Gasteiger partial charge in [0.25, 0.3) is 0 Å². The van der Waals surface area contributed by atoms with Crippen LogP contribution in [-0.4, -0.2) is 24.0 Å². The van der Waals surface area contributed by atoms with Gasteiger partial charge in [-0.05, 0) is 6.07 Å². The largest absolute Gasteiger partial charge is 0.478 e. The number of hydrogen-bond acceptors (Lipinski definition) is 4. The number of aromatic carboxylic acids is 1. The highest BCUT2D eigenvalue weighted by atomic mass is 32.3. The van der Waals surface area contributed by atoms with E-state index in [9.17, 15) is 13.2 Å². The Kier molecular flexibility index (Phi) is 2.18. The molecule has 0 aliphatic rings. The fraction of sp³-hybridized carbons (Fsp3) is 0. The molecule has 0 aromatic carbocycles. The minimum Gasteiger partial charge on any atom is -0.478 e. The van der Waals surface area contributed by atoms with Crippen LogP contribution < -0.4 is 0 Å². The summed E-state index contributed by atoms with van der Waals surface area (Å²) in [6.07, 6.45) is 0. The van der Waals surface area contributed by atoms with Crippen molar-refractivity contribution in [1.29, 1.82) is 0 Å². The van der Waals surface area contributed by atoms with E-state index in [-0.39, 0.29) is 9.77 Å². The molecule has 5 nitrogen and oxygen atoms in total. The van der Waals surface area contributed by atoms with Crippen LogP contribution in [0.5, 0.6) is 0 Å². The van der Waals surface area contributed by atoms with Gasteiger partial charge in [-0.2, -0.15) is 8.42 Å². The van der Waals surface area contributed by atoms with Crippen molar-refractivity contribution in [3.05, 3.63) is 17.0 Å². The molecule has 0 aliphatic heterocycles. The first-order chi connectivity index (χ1) is 5.41. The highest BCUT2D eigenvalue weighted by Crippen LogP contribution is 2.19. The van der Waals surface area contributed by atoms with E-state index in [4.69, 9.17) is 9.66 Å². The van der Waals surface area contributed by atoms with Gasteiger partial charge in [0.1, 0.15) is 4.21 Å². The molecule has 0 aliphatic carbocycles. The van der Waals surface area contributed by atoms with Crippen molar-refractivity contribution >= 4 is 27.4 Å². The lowest BCUT2D eigenvalue weighted by Gasteiger charge is -1.86. The van der Waals surface area contributed by atoms with Gasteiger partial charge < -0.3 is 5.11 Å². The van der Waals surface area contributed by atoms with Crippen LogP contribution in [0.4, 0.5) is 0 Å². The average Bonchev–Trinajstić information content (AvgIpc) is 2.30. The van der Waals surface area contributed by atoms with E-state index >= 15 is 0 Å². The number of carboxylic acids is 1. The zero-order chi connectivity index (χ0) is 9.35. The van der Waals surface area contributed by atoms with E-state index in [1.165, 1.54) is 0 Å². The number of thiophene rings is 1. The second kappa shape index (κ2) is 2.85. The standard InChI is InChI=1S/C5H4O5S2/c6-5(7)3-1-4(11-2-3)12(8,9)10/h1-2H,(H,6,7)(H,8,9,10). The van der Waals surface area contributed by atoms with Crippen molar-refractivity contribution in [2.45, 2.75) is 4.21 Å². The monoisotopic (exact) mass is 208 g/mol. The summed E-state index contributed by atoms with van der Waals surface area (Å²) in [5, 5.41) is 9.54. The van der Waals surface area contributed by atoms with Gasteiger partial charge in [-0.3, -0.25) is 4.55 Å². The topological polar surface area (TPSA) is 91.7 Å². The number of carbonyl (C=O) groups is 1. The minimum absolute atomic E-state index is 0.146. The Balaban J connectivity index is 3.17. The van der Waals surface area contributed by atoms with Crippen LogP contribution in [0, 0.1) is 0 Å². The second-order valence-electron chi connectivity index (χ2n) is 1.93. The van der Waals surface area contributed by atoms with Crippen LogP contribution in [0.15, 0.2) is 15.7 Å². The zero-order valence-electron chi connectivity index (χ0n) is 5.59. The summed E-state index contributed by atoms with van der Waals surface area (Å²) in [4.78, 5) is 10.3. The first-order valence-electron chi connectivity index (χ1n) is 2.70. The Morgan fingerprint density at radius 3 is 2.33 bits per heavy atom. The smallest absolute Gasteiger partial charge is 0.336 e. The Bertz CT molecular complexity index is 401. The summed E-state index contributed by atoms with van der Waals surface area (Å²) < 4.78 is 29.0. The molecule has 0 unspecified atom stereocenters. The zero-order valence-corrected chi connectivity index (χ0v) is 7.22. The maximum absolute atomic E-state index is 10.4. The fourth-order valence-electron chi connectivity index (χ4n) is 0.564. The molecule has 1 aromatic rings. The quantitative estimate of drug-likeness (QED) is 0.698. The molecule has 0 spiro atoms. The number of carboxylic acid groups (broad SMARTS) is 1. The van der Waals surface area contributed by atoms with Gasteiger partial charge in [-0.15, -0.1) is 11.3 Å². The molecular formula is C5H4O5S2. The lowest BCUT2D eigenvalue weighted by atomic mass is 10.4. The van der Waals surface area contributed by atoms with Crippen LogP contribution >= 0.6 is 11.3 Å². The molecule has 0 atom stereocenters. The molecule has 1 heterocycles. The van der Waals surface area contributed by atoms with Crippen molar-refractivity contribution in [1.82, 2.24) is 0 Å². The van der Waals surface area contributed by atoms with Crippen LogP contribution in [0.1, 0.15) is 10.4 Å². The fourth-order valence-corrected chi connectivity index (χ4v) is 2.08. The van der Waals surface area contributed by atoms with Crippen LogP contribution in [0.25, 0.3) is 0 Å². The molecule has 2 N–H and O–H groups in total.